The number of benzene rings is 3. The van der Waals surface area contributed by atoms with Gasteiger partial charge in [-0.25, -0.2) is 0 Å². The lowest BCUT2D eigenvalue weighted by atomic mass is 10.0. The number of hydrogen-bond donors (Lipinski definition) is 2. The minimum absolute atomic E-state index is 0.0182. The van der Waals surface area contributed by atoms with E-state index in [0.29, 0.717) is 23.7 Å². The van der Waals surface area contributed by atoms with E-state index < -0.39 is 0 Å². The fraction of sp³-hybridized carbons (Fsp3) is 0.167. The molecule has 0 atom stereocenters. The molecule has 4 nitrogen and oxygen atoms in total. The summed E-state index contributed by atoms with van der Waals surface area (Å²) in [6, 6.07) is 19.9. The smallest absolute Gasteiger partial charge is 0.153 e. The molecule has 3 rings (SSSR count). The SMILES string of the molecule is CCCCc1ccc(O)c(C=O)c1.O=Cc1cc(-c2ccccc2)ccc1O. The zero-order chi connectivity index (χ0) is 20.4. The van der Waals surface area contributed by atoms with Crippen LogP contribution >= 0.6 is 0 Å². The Balaban J connectivity index is 0.000000203. The molecule has 3 aromatic carbocycles. The maximum absolute atomic E-state index is 10.7. The minimum atomic E-state index is 0.0182. The Bertz CT molecular complexity index is 917. The molecule has 0 spiro atoms. The summed E-state index contributed by atoms with van der Waals surface area (Å²) >= 11 is 0. The molecule has 3 aromatic rings. The summed E-state index contributed by atoms with van der Waals surface area (Å²) in [4.78, 5) is 21.1. The van der Waals surface area contributed by atoms with E-state index >= 15 is 0 Å². The fourth-order valence-corrected chi connectivity index (χ4v) is 2.69. The topological polar surface area (TPSA) is 74.6 Å². The molecule has 0 aliphatic carbocycles. The first kappa shape index (κ1) is 20.9. The molecule has 0 heterocycles. The highest BCUT2D eigenvalue weighted by molar-refractivity contribution is 5.82. The van der Waals surface area contributed by atoms with Crippen molar-refractivity contribution in [3.8, 4) is 22.6 Å². The van der Waals surface area contributed by atoms with E-state index in [-0.39, 0.29) is 11.5 Å². The van der Waals surface area contributed by atoms with Crippen LogP contribution < -0.4 is 0 Å². The molecule has 28 heavy (non-hydrogen) atoms. The normalized spacial score (nSPS) is 9.89. The van der Waals surface area contributed by atoms with Gasteiger partial charge in [-0.1, -0.05) is 55.8 Å². The summed E-state index contributed by atoms with van der Waals surface area (Å²) in [5, 5.41) is 18.6. The number of carbonyl (C=O) groups excluding carboxylic acids is 2. The van der Waals surface area contributed by atoms with Gasteiger partial charge < -0.3 is 10.2 Å². The fourth-order valence-electron chi connectivity index (χ4n) is 2.69. The summed E-state index contributed by atoms with van der Waals surface area (Å²) in [6.07, 6.45) is 4.56. The Labute approximate surface area is 165 Å². The van der Waals surface area contributed by atoms with Crippen molar-refractivity contribution in [1.29, 1.82) is 0 Å². The lowest BCUT2D eigenvalue weighted by Crippen LogP contribution is -1.88. The number of unbranched alkanes of at least 4 members (excludes halogenated alkanes) is 1. The first-order chi connectivity index (χ1) is 13.6. The quantitative estimate of drug-likeness (QED) is 0.563. The van der Waals surface area contributed by atoms with Crippen molar-refractivity contribution < 1.29 is 19.8 Å². The Hall–Kier alpha value is -3.40. The third-order valence-corrected chi connectivity index (χ3v) is 4.30. The highest BCUT2D eigenvalue weighted by Gasteiger charge is 2.03. The summed E-state index contributed by atoms with van der Waals surface area (Å²) in [6.45, 7) is 2.13. The van der Waals surface area contributed by atoms with Gasteiger partial charge in [-0.3, -0.25) is 9.59 Å². The van der Waals surface area contributed by atoms with Crippen LogP contribution in [0.15, 0.2) is 66.7 Å². The van der Waals surface area contributed by atoms with E-state index in [2.05, 4.69) is 6.92 Å². The first-order valence-corrected chi connectivity index (χ1v) is 9.19. The van der Waals surface area contributed by atoms with Crippen LogP contribution in [0.2, 0.25) is 0 Å². The molecule has 144 valence electrons. The predicted molar refractivity (Wildman–Crippen MR) is 111 cm³/mol. The molecule has 0 saturated heterocycles. The number of rotatable bonds is 6. The number of aryl methyl sites for hydroxylation is 1. The van der Waals surface area contributed by atoms with E-state index in [9.17, 15) is 19.8 Å². The monoisotopic (exact) mass is 376 g/mol. The van der Waals surface area contributed by atoms with Gasteiger partial charge in [0.15, 0.2) is 12.6 Å². The van der Waals surface area contributed by atoms with Crippen molar-refractivity contribution in [2.75, 3.05) is 0 Å². The van der Waals surface area contributed by atoms with E-state index in [1.807, 2.05) is 36.4 Å². The third-order valence-electron chi connectivity index (χ3n) is 4.30. The molecule has 0 bridgehead atoms. The van der Waals surface area contributed by atoms with Gasteiger partial charge in [0.25, 0.3) is 0 Å². The van der Waals surface area contributed by atoms with Gasteiger partial charge in [0.05, 0.1) is 11.1 Å². The second-order valence-electron chi connectivity index (χ2n) is 6.37. The standard InChI is InChI=1S/C13H10O2.C11H14O2/c14-9-12-8-11(6-7-13(12)15)10-4-2-1-3-5-10;1-2-3-4-9-5-6-11(13)10(7-9)8-12/h1-9,15H;5-8,13H,2-4H2,1H3. The zero-order valence-electron chi connectivity index (χ0n) is 15.8. The highest BCUT2D eigenvalue weighted by atomic mass is 16.3. The van der Waals surface area contributed by atoms with Crippen LogP contribution in [-0.2, 0) is 6.42 Å². The number of carbonyl (C=O) groups is 2. The lowest BCUT2D eigenvalue weighted by Gasteiger charge is -2.03. The Kier molecular flexibility index (Phi) is 7.97. The molecular weight excluding hydrogens is 352 g/mol. The molecule has 0 aromatic heterocycles. The third kappa shape index (κ3) is 5.81. The van der Waals surface area contributed by atoms with Crippen molar-refractivity contribution in [2.24, 2.45) is 0 Å². The number of phenols is 2. The van der Waals surface area contributed by atoms with E-state index in [1.54, 1.807) is 24.3 Å². The van der Waals surface area contributed by atoms with Crippen LogP contribution in [0.4, 0.5) is 0 Å². The van der Waals surface area contributed by atoms with Crippen molar-refractivity contribution in [1.82, 2.24) is 0 Å². The van der Waals surface area contributed by atoms with Crippen LogP contribution in [0.25, 0.3) is 11.1 Å². The molecular formula is C24H24O4. The molecule has 0 aliphatic heterocycles. The van der Waals surface area contributed by atoms with Crippen LogP contribution in [0.1, 0.15) is 46.0 Å². The molecule has 0 fully saturated rings. The molecule has 0 aliphatic rings. The first-order valence-electron chi connectivity index (χ1n) is 9.19. The van der Waals surface area contributed by atoms with E-state index in [0.717, 1.165) is 36.0 Å². The van der Waals surface area contributed by atoms with E-state index in [4.69, 9.17) is 0 Å². The summed E-state index contributed by atoms with van der Waals surface area (Å²) in [5.74, 6) is 0.0833. The van der Waals surface area contributed by atoms with Crippen molar-refractivity contribution in [3.05, 3.63) is 83.4 Å². The van der Waals surface area contributed by atoms with Crippen molar-refractivity contribution >= 4 is 12.6 Å². The second-order valence-corrected chi connectivity index (χ2v) is 6.37. The maximum Gasteiger partial charge on any atom is 0.153 e. The van der Waals surface area contributed by atoms with Crippen LogP contribution in [0, 0.1) is 0 Å². The Morgan fingerprint density at radius 2 is 1.36 bits per heavy atom. The van der Waals surface area contributed by atoms with Gasteiger partial charge in [0.2, 0.25) is 0 Å². The average molecular weight is 376 g/mol. The number of aldehydes is 2. The molecule has 0 amide bonds. The lowest BCUT2D eigenvalue weighted by molar-refractivity contribution is 0.111. The van der Waals surface area contributed by atoms with Crippen molar-refractivity contribution in [2.45, 2.75) is 26.2 Å². The van der Waals surface area contributed by atoms with Crippen LogP contribution in [0.5, 0.6) is 11.5 Å². The largest absolute Gasteiger partial charge is 0.507 e. The van der Waals surface area contributed by atoms with Crippen LogP contribution in [-0.4, -0.2) is 22.8 Å². The van der Waals surface area contributed by atoms with Gasteiger partial charge in [-0.05, 0) is 53.8 Å². The predicted octanol–water partition coefficient (Wildman–Crippen LogP) is 5.42. The van der Waals surface area contributed by atoms with E-state index in [1.165, 1.54) is 6.07 Å². The maximum atomic E-state index is 10.7. The molecule has 0 unspecified atom stereocenters. The van der Waals surface area contributed by atoms with Gasteiger partial charge >= 0.3 is 0 Å². The number of aromatic hydroxyl groups is 2. The van der Waals surface area contributed by atoms with Gasteiger partial charge in [-0.2, -0.15) is 0 Å². The van der Waals surface area contributed by atoms with Gasteiger partial charge in [-0.15, -0.1) is 0 Å². The van der Waals surface area contributed by atoms with Gasteiger partial charge in [0, 0.05) is 0 Å². The van der Waals surface area contributed by atoms with Crippen molar-refractivity contribution in [3.63, 3.8) is 0 Å². The highest BCUT2D eigenvalue weighted by Crippen LogP contribution is 2.24. The summed E-state index contributed by atoms with van der Waals surface area (Å²) in [5.41, 5.74) is 3.77. The molecule has 4 heteroatoms. The zero-order valence-corrected chi connectivity index (χ0v) is 15.8. The molecule has 2 N–H and O–H groups in total. The van der Waals surface area contributed by atoms with Crippen LogP contribution in [0.3, 0.4) is 0 Å². The molecule has 0 saturated carbocycles. The number of phenolic OH excluding ortho intramolecular Hbond substituents is 2. The Morgan fingerprint density at radius 3 is 1.96 bits per heavy atom. The Morgan fingerprint density at radius 1 is 0.750 bits per heavy atom. The van der Waals surface area contributed by atoms with Gasteiger partial charge in [0.1, 0.15) is 11.5 Å². The minimum Gasteiger partial charge on any atom is -0.507 e. The molecule has 0 radical (unpaired) electrons. The average Bonchev–Trinajstić information content (AvgIpc) is 2.74. The second kappa shape index (κ2) is 10.7. The summed E-state index contributed by atoms with van der Waals surface area (Å²) < 4.78 is 0. The summed E-state index contributed by atoms with van der Waals surface area (Å²) in [7, 11) is 0. The number of hydrogen-bond acceptors (Lipinski definition) is 4.